The van der Waals surface area contributed by atoms with Crippen LogP contribution in [0.5, 0.6) is 0 Å². The third kappa shape index (κ3) is 5.07. The SMILES string of the molecule is Cc1cc(NC(=O)c2ccc(F)c(S(=O)(=O)N[C@H]3CCOC3)c2)ccc1F.S. The van der Waals surface area contributed by atoms with Gasteiger partial charge in [-0.05, 0) is 55.3 Å². The highest BCUT2D eigenvalue weighted by atomic mass is 32.2. The van der Waals surface area contributed by atoms with Gasteiger partial charge in [-0.1, -0.05) is 0 Å². The van der Waals surface area contributed by atoms with Gasteiger partial charge in [-0.25, -0.2) is 21.9 Å². The number of hydrogen-bond donors (Lipinski definition) is 2. The predicted molar refractivity (Wildman–Crippen MR) is 105 cm³/mol. The molecule has 1 heterocycles. The molecule has 2 aromatic carbocycles. The van der Waals surface area contributed by atoms with Crippen molar-refractivity contribution in [1.82, 2.24) is 4.72 Å². The fourth-order valence-electron chi connectivity index (χ4n) is 2.69. The third-order valence-corrected chi connectivity index (χ3v) is 5.69. The molecule has 0 bridgehead atoms. The lowest BCUT2D eigenvalue weighted by Crippen LogP contribution is -2.35. The van der Waals surface area contributed by atoms with Crippen LogP contribution in [0.2, 0.25) is 0 Å². The molecule has 0 unspecified atom stereocenters. The minimum atomic E-state index is -4.15. The first kappa shape index (κ1) is 22.3. The van der Waals surface area contributed by atoms with E-state index >= 15 is 0 Å². The predicted octanol–water partition coefficient (Wildman–Crippen LogP) is 2.71. The lowest BCUT2D eigenvalue weighted by Gasteiger charge is -2.13. The maximum absolute atomic E-state index is 14.1. The summed E-state index contributed by atoms with van der Waals surface area (Å²) in [5, 5.41) is 2.53. The van der Waals surface area contributed by atoms with Crippen LogP contribution >= 0.6 is 13.5 Å². The number of nitrogens with one attached hydrogen (secondary N) is 2. The van der Waals surface area contributed by atoms with Crippen molar-refractivity contribution in [3.63, 3.8) is 0 Å². The number of anilines is 1. The summed E-state index contributed by atoms with van der Waals surface area (Å²) in [6, 6.07) is 6.66. The van der Waals surface area contributed by atoms with Gasteiger partial charge in [-0.2, -0.15) is 13.5 Å². The molecule has 10 heteroatoms. The van der Waals surface area contributed by atoms with Crippen LogP contribution in [0, 0.1) is 18.6 Å². The summed E-state index contributed by atoms with van der Waals surface area (Å²) in [6.45, 7) is 2.19. The molecule has 0 spiro atoms. The van der Waals surface area contributed by atoms with Crippen molar-refractivity contribution in [2.45, 2.75) is 24.3 Å². The summed E-state index contributed by atoms with van der Waals surface area (Å²) < 4.78 is 59.8. The molecule has 0 saturated carbocycles. The van der Waals surface area contributed by atoms with Crippen molar-refractivity contribution in [2.24, 2.45) is 0 Å². The van der Waals surface area contributed by atoms with Crippen molar-refractivity contribution in [2.75, 3.05) is 18.5 Å². The van der Waals surface area contributed by atoms with Crippen LogP contribution in [0.15, 0.2) is 41.3 Å². The molecular weight excluding hydrogens is 410 g/mol. The monoisotopic (exact) mass is 430 g/mol. The Labute approximate surface area is 168 Å². The fraction of sp³-hybridized carbons (Fsp3) is 0.278. The Balaban J connectivity index is 0.00000280. The molecule has 152 valence electrons. The average Bonchev–Trinajstić information content (AvgIpc) is 3.10. The second kappa shape index (κ2) is 8.99. The number of carbonyl (C=O) groups is 1. The van der Waals surface area contributed by atoms with E-state index in [1.165, 1.54) is 24.3 Å². The number of sulfonamides is 1. The van der Waals surface area contributed by atoms with Crippen LogP contribution in [0.4, 0.5) is 14.5 Å². The maximum atomic E-state index is 14.1. The van der Waals surface area contributed by atoms with Gasteiger partial charge in [0.2, 0.25) is 10.0 Å². The summed E-state index contributed by atoms with van der Waals surface area (Å²) in [4.78, 5) is 11.8. The molecule has 3 rings (SSSR count). The molecule has 0 aliphatic carbocycles. The van der Waals surface area contributed by atoms with E-state index in [1.807, 2.05) is 0 Å². The average molecular weight is 430 g/mol. The molecule has 28 heavy (non-hydrogen) atoms. The quantitative estimate of drug-likeness (QED) is 0.764. The molecule has 1 saturated heterocycles. The molecule has 0 radical (unpaired) electrons. The topological polar surface area (TPSA) is 84.5 Å². The first-order valence-corrected chi connectivity index (χ1v) is 9.72. The van der Waals surface area contributed by atoms with Crippen molar-refractivity contribution >= 4 is 35.1 Å². The van der Waals surface area contributed by atoms with E-state index in [0.717, 1.165) is 12.1 Å². The van der Waals surface area contributed by atoms with E-state index in [2.05, 4.69) is 10.0 Å². The Morgan fingerprint density at radius 2 is 1.86 bits per heavy atom. The van der Waals surface area contributed by atoms with Gasteiger partial charge in [0.05, 0.1) is 6.61 Å². The lowest BCUT2D eigenvalue weighted by molar-refractivity contribution is 0.102. The van der Waals surface area contributed by atoms with E-state index in [4.69, 9.17) is 4.74 Å². The number of aryl methyl sites for hydroxylation is 1. The molecule has 2 N–H and O–H groups in total. The van der Waals surface area contributed by atoms with E-state index in [-0.39, 0.29) is 25.7 Å². The Kier molecular flexibility index (Phi) is 7.16. The summed E-state index contributed by atoms with van der Waals surface area (Å²) in [7, 11) is -4.15. The number of hydrogen-bond acceptors (Lipinski definition) is 4. The van der Waals surface area contributed by atoms with Gasteiger partial charge in [0, 0.05) is 23.9 Å². The van der Waals surface area contributed by atoms with Crippen LogP contribution in [0.1, 0.15) is 22.3 Å². The second-order valence-electron chi connectivity index (χ2n) is 6.25. The summed E-state index contributed by atoms with van der Waals surface area (Å²) in [5.41, 5.74) is 0.647. The largest absolute Gasteiger partial charge is 0.380 e. The normalized spacial score (nSPS) is 16.5. The highest BCUT2D eigenvalue weighted by Crippen LogP contribution is 2.20. The Hall–Kier alpha value is -2.01. The summed E-state index contributed by atoms with van der Waals surface area (Å²) in [6.07, 6.45) is 0.491. The molecular formula is C18H20F2N2O4S2. The van der Waals surface area contributed by atoms with Crippen molar-refractivity contribution in [1.29, 1.82) is 0 Å². The molecule has 0 aromatic heterocycles. The smallest absolute Gasteiger partial charge is 0.255 e. The highest BCUT2D eigenvalue weighted by molar-refractivity contribution is 7.89. The Morgan fingerprint density at radius 1 is 1.14 bits per heavy atom. The van der Waals surface area contributed by atoms with Gasteiger partial charge >= 0.3 is 0 Å². The van der Waals surface area contributed by atoms with Crippen molar-refractivity contribution in [3.05, 3.63) is 59.2 Å². The number of carbonyl (C=O) groups excluding carboxylic acids is 1. The first-order chi connectivity index (χ1) is 12.8. The summed E-state index contributed by atoms with van der Waals surface area (Å²) in [5.74, 6) is -2.01. The highest BCUT2D eigenvalue weighted by Gasteiger charge is 2.26. The Morgan fingerprint density at radius 3 is 2.50 bits per heavy atom. The molecule has 1 aliphatic heterocycles. The number of ether oxygens (including phenoxy) is 1. The van der Waals surface area contributed by atoms with Crippen molar-refractivity contribution < 1.29 is 26.7 Å². The molecule has 1 amide bonds. The number of amides is 1. The van der Waals surface area contributed by atoms with Gasteiger partial charge < -0.3 is 10.1 Å². The zero-order valence-corrected chi connectivity index (χ0v) is 16.8. The van der Waals surface area contributed by atoms with Gasteiger partial charge in [-0.15, -0.1) is 0 Å². The van der Waals surface area contributed by atoms with Crippen LogP contribution in [0.3, 0.4) is 0 Å². The number of halogens is 2. The summed E-state index contributed by atoms with van der Waals surface area (Å²) >= 11 is 0. The molecule has 1 aliphatic rings. The molecule has 1 fully saturated rings. The lowest BCUT2D eigenvalue weighted by atomic mass is 10.2. The minimum Gasteiger partial charge on any atom is -0.380 e. The van der Waals surface area contributed by atoms with E-state index in [1.54, 1.807) is 6.92 Å². The van der Waals surface area contributed by atoms with Crippen molar-refractivity contribution in [3.8, 4) is 0 Å². The van der Waals surface area contributed by atoms with E-state index in [9.17, 15) is 22.0 Å². The standard InChI is InChI=1S/C18H18F2N2O4S.H2S/c1-11-8-13(3-5-15(11)19)21-18(23)12-2-4-16(20)17(9-12)27(24,25)22-14-6-7-26-10-14;/h2-5,8-9,14,22H,6-7,10H2,1H3,(H,21,23);1H2/t14-;/m0./s1. The maximum Gasteiger partial charge on any atom is 0.255 e. The second-order valence-corrected chi connectivity index (χ2v) is 7.93. The van der Waals surface area contributed by atoms with E-state index < -0.39 is 38.5 Å². The van der Waals surface area contributed by atoms with Crippen LogP contribution in [-0.4, -0.2) is 33.6 Å². The zero-order valence-electron chi connectivity index (χ0n) is 15.0. The Bertz CT molecular complexity index is 978. The molecule has 1 atom stereocenters. The molecule has 6 nitrogen and oxygen atoms in total. The fourth-order valence-corrected chi connectivity index (χ4v) is 4.05. The third-order valence-electron chi connectivity index (χ3n) is 4.15. The van der Waals surface area contributed by atoms with Gasteiger partial charge in [-0.3, -0.25) is 4.79 Å². The van der Waals surface area contributed by atoms with Gasteiger partial charge in [0.15, 0.2) is 0 Å². The van der Waals surface area contributed by atoms with Crippen LogP contribution in [0.25, 0.3) is 0 Å². The van der Waals surface area contributed by atoms with E-state index in [0.29, 0.717) is 24.3 Å². The first-order valence-electron chi connectivity index (χ1n) is 8.23. The van der Waals surface area contributed by atoms with Gasteiger partial charge in [0.25, 0.3) is 5.91 Å². The molecule has 2 aromatic rings. The van der Waals surface area contributed by atoms with Crippen LogP contribution < -0.4 is 10.0 Å². The number of rotatable bonds is 5. The van der Waals surface area contributed by atoms with Gasteiger partial charge in [0.1, 0.15) is 16.5 Å². The zero-order chi connectivity index (χ0) is 19.6. The minimum absolute atomic E-state index is 0. The number of benzene rings is 2. The van der Waals surface area contributed by atoms with Crippen LogP contribution in [-0.2, 0) is 14.8 Å².